The maximum absolute atomic E-state index is 13.0. The molecule has 4 rings (SSSR count). The smallest absolute Gasteiger partial charge is 0.410 e. The minimum atomic E-state index is -0.502. The Morgan fingerprint density at radius 1 is 1.12 bits per heavy atom. The number of hydrogen-bond donors (Lipinski definition) is 1. The first-order chi connectivity index (χ1) is 16.3. The highest BCUT2D eigenvalue weighted by Crippen LogP contribution is 2.26. The van der Waals surface area contributed by atoms with Crippen LogP contribution in [0.15, 0.2) is 36.7 Å². The Balaban J connectivity index is 1.30. The van der Waals surface area contributed by atoms with Crippen LogP contribution in [0.4, 0.5) is 4.79 Å². The van der Waals surface area contributed by atoms with Gasteiger partial charge in [0.15, 0.2) is 0 Å². The number of amides is 2. The molecule has 0 atom stereocenters. The molecular weight excluding hydrogens is 432 g/mol. The van der Waals surface area contributed by atoms with Crippen LogP contribution in [0.25, 0.3) is 0 Å². The number of nitrogens with zero attached hydrogens (tertiary/aromatic N) is 3. The number of hydrogen-bond acceptors (Lipinski definition) is 5. The lowest BCUT2D eigenvalue weighted by Crippen LogP contribution is -2.42. The largest absolute Gasteiger partial charge is 0.474 e. The zero-order chi connectivity index (χ0) is 24.1. The van der Waals surface area contributed by atoms with Crippen molar-refractivity contribution in [2.75, 3.05) is 13.1 Å². The van der Waals surface area contributed by atoms with Gasteiger partial charge >= 0.3 is 6.09 Å². The van der Waals surface area contributed by atoms with E-state index in [1.165, 1.54) is 12.8 Å². The molecule has 184 valence electrons. The average Bonchev–Trinajstić information content (AvgIpc) is 3.49. The first-order valence-corrected chi connectivity index (χ1v) is 12.3. The fraction of sp³-hybridized carbons (Fsp3) is 0.577. The van der Waals surface area contributed by atoms with E-state index in [0.717, 1.165) is 31.2 Å². The van der Waals surface area contributed by atoms with E-state index in [1.54, 1.807) is 11.1 Å². The normalized spacial score (nSPS) is 17.6. The van der Waals surface area contributed by atoms with Crippen molar-refractivity contribution in [1.29, 1.82) is 0 Å². The molecule has 0 aromatic carbocycles. The second-order valence-electron chi connectivity index (χ2n) is 10.2. The number of piperidine rings is 1. The van der Waals surface area contributed by atoms with Crippen LogP contribution in [0.5, 0.6) is 5.88 Å². The monoisotopic (exact) mass is 468 g/mol. The second kappa shape index (κ2) is 10.5. The molecule has 2 amide bonds. The fourth-order valence-corrected chi connectivity index (χ4v) is 4.63. The van der Waals surface area contributed by atoms with Crippen molar-refractivity contribution in [1.82, 2.24) is 19.8 Å². The van der Waals surface area contributed by atoms with Gasteiger partial charge in [0.05, 0.1) is 0 Å². The Bertz CT molecular complexity index is 983. The van der Waals surface area contributed by atoms with Crippen LogP contribution in [0.1, 0.15) is 81.4 Å². The van der Waals surface area contributed by atoms with E-state index in [0.29, 0.717) is 31.2 Å². The molecule has 0 radical (unpaired) electrons. The van der Waals surface area contributed by atoms with E-state index in [4.69, 9.17) is 9.47 Å². The summed E-state index contributed by atoms with van der Waals surface area (Å²) < 4.78 is 13.5. The van der Waals surface area contributed by atoms with Gasteiger partial charge in [0.2, 0.25) is 5.88 Å². The molecule has 3 heterocycles. The topological polar surface area (TPSA) is 85.7 Å². The number of nitrogens with one attached hydrogen (secondary N) is 1. The summed E-state index contributed by atoms with van der Waals surface area (Å²) in [7, 11) is 0. The molecule has 1 saturated carbocycles. The van der Waals surface area contributed by atoms with Crippen LogP contribution in [-0.4, -0.2) is 51.2 Å². The van der Waals surface area contributed by atoms with Crippen molar-refractivity contribution in [3.05, 3.63) is 47.9 Å². The molecule has 2 aliphatic rings. The number of aromatic nitrogens is 2. The highest BCUT2D eigenvalue weighted by Gasteiger charge is 2.28. The first kappa shape index (κ1) is 24.1. The van der Waals surface area contributed by atoms with Crippen LogP contribution in [-0.2, 0) is 11.3 Å². The van der Waals surface area contributed by atoms with Crippen LogP contribution < -0.4 is 10.1 Å². The minimum absolute atomic E-state index is 0.116. The van der Waals surface area contributed by atoms with Crippen LogP contribution in [0.2, 0.25) is 0 Å². The highest BCUT2D eigenvalue weighted by molar-refractivity contribution is 5.92. The van der Waals surface area contributed by atoms with Gasteiger partial charge in [-0.15, -0.1) is 0 Å². The standard InChI is InChI=1S/C26H36N4O4/c1-26(2,3)34-25(32)29-15-11-20(12-16-29)30-14-6-9-22(30)24(31)28-18-19-10-13-27-23(17-19)33-21-7-4-5-8-21/h6,9-10,13-14,17,20-21H,4-5,7-8,11-12,15-16,18H2,1-3H3,(H,28,31). The van der Waals surface area contributed by atoms with Crippen molar-refractivity contribution >= 4 is 12.0 Å². The number of ether oxygens (including phenoxy) is 2. The van der Waals surface area contributed by atoms with Crippen molar-refractivity contribution < 1.29 is 19.1 Å². The van der Waals surface area contributed by atoms with E-state index in [1.807, 2.05) is 55.8 Å². The third kappa shape index (κ3) is 6.30. The summed E-state index contributed by atoms with van der Waals surface area (Å²) in [4.78, 5) is 31.4. The summed E-state index contributed by atoms with van der Waals surface area (Å²) in [5.74, 6) is 0.508. The van der Waals surface area contributed by atoms with Gasteiger partial charge in [-0.3, -0.25) is 4.79 Å². The predicted octanol–water partition coefficient (Wildman–Crippen LogP) is 4.71. The predicted molar refractivity (Wildman–Crippen MR) is 129 cm³/mol. The average molecular weight is 469 g/mol. The van der Waals surface area contributed by atoms with Gasteiger partial charge in [-0.1, -0.05) is 0 Å². The molecule has 8 heteroatoms. The maximum Gasteiger partial charge on any atom is 0.410 e. The van der Waals surface area contributed by atoms with Crippen molar-refractivity contribution in [2.24, 2.45) is 0 Å². The number of rotatable bonds is 6. The summed E-state index contributed by atoms with van der Waals surface area (Å²) in [6.45, 7) is 7.25. The lowest BCUT2D eigenvalue weighted by atomic mass is 10.0. The number of carbonyl (C=O) groups is 2. The SMILES string of the molecule is CC(C)(C)OC(=O)N1CCC(n2cccc2C(=O)NCc2ccnc(OC3CCCC3)c2)CC1. The molecule has 34 heavy (non-hydrogen) atoms. The van der Waals surface area contributed by atoms with Gasteiger partial charge in [0.25, 0.3) is 5.91 Å². The molecule has 1 N–H and O–H groups in total. The molecule has 0 spiro atoms. The number of pyridine rings is 1. The molecule has 2 fully saturated rings. The van der Waals surface area contributed by atoms with Gasteiger partial charge in [-0.05, 0) is 83.1 Å². The van der Waals surface area contributed by atoms with E-state index in [9.17, 15) is 9.59 Å². The summed E-state index contributed by atoms with van der Waals surface area (Å²) in [5.41, 5.74) is 1.09. The Morgan fingerprint density at radius 2 is 1.85 bits per heavy atom. The quantitative estimate of drug-likeness (QED) is 0.664. The van der Waals surface area contributed by atoms with Crippen molar-refractivity contribution in [3.8, 4) is 5.88 Å². The Morgan fingerprint density at radius 3 is 2.56 bits per heavy atom. The van der Waals surface area contributed by atoms with E-state index < -0.39 is 5.60 Å². The zero-order valence-corrected chi connectivity index (χ0v) is 20.5. The maximum atomic E-state index is 13.0. The zero-order valence-electron chi connectivity index (χ0n) is 20.5. The third-order valence-electron chi connectivity index (χ3n) is 6.36. The molecular formula is C26H36N4O4. The minimum Gasteiger partial charge on any atom is -0.474 e. The van der Waals surface area contributed by atoms with Crippen LogP contribution in [0, 0.1) is 0 Å². The number of likely N-dealkylation sites (tertiary alicyclic amines) is 1. The summed E-state index contributed by atoms with van der Waals surface area (Å²) in [6, 6.07) is 7.71. The van der Waals surface area contributed by atoms with Crippen molar-refractivity contribution in [2.45, 2.75) is 83.6 Å². The fourth-order valence-electron chi connectivity index (χ4n) is 4.63. The Labute approximate surface area is 201 Å². The van der Waals surface area contributed by atoms with Gasteiger partial charge < -0.3 is 24.3 Å². The highest BCUT2D eigenvalue weighted by atomic mass is 16.6. The lowest BCUT2D eigenvalue weighted by Gasteiger charge is -2.34. The summed E-state index contributed by atoms with van der Waals surface area (Å²) >= 11 is 0. The van der Waals surface area contributed by atoms with Crippen molar-refractivity contribution in [3.63, 3.8) is 0 Å². The van der Waals surface area contributed by atoms with E-state index >= 15 is 0 Å². The molecule has 0 unspecified atom stereocenters. The number of carbonyl (C=O) groups excluding carboxylic acids is 2. The molecule has 0 bridgehead atoms. The third-order valence-corrected chi connectivity index (χ3v) is 6.36. The van der Waals surface area contributed by atoms with Gasteiger partial charge in [-0.2, -0.15) is 0 Å². The molecule has 8 nitrogen and oxygen atoms in total. The van der Waals surface area contributed by atoms with Gasteiger partial charge in [0.1, 0.15) is 17.4 Å². The lowest BCUT2D eigenvalue weighted by molar-refractivity contribution is 0.0187. The summed E-state index contributed by atoms with van der Waals surface area (Å²) in [6.07, 6.45) is 9.79. The van der Waals surface area contributed by atoms with Crippen LogP contribution in [0.3, 0.4) is 0 Å². The molecule has 1 aliphatic heterocycles. The van der Waals surface area contributed by atoms with E-state index in [2.05, 4.69) is 10.3 Å². The van der Waals surface area contributed by atoms with Gasteiger partial charge in [0, 0.05) is 44.1 Å². The second-order valence-corrected chi connectivity index (χ2v) is 10.2. The first-order valence-electron chi connectivity index (χ1n) is 12.3. The summed E-state index contributed by atoms with van der Waals surface area (Å²) in [5, 5.41) is 3.03. The molecule has 1 aliphatic carbocycles. The Hall–Kier alpha value is -3.03. The molecule has 2 aromatic rings. The Kier molecular flexibility index (Phi) is 7.44. The molecule has 2 aromatic heterocycles. The molecule has 1 saturated heterocycles. The van der Waals surface area contributed by atoms with E-state index in [-0.39, 0.29) is 24.1 Å². The van der Waals surface area contributed by atoms with Crippen LogP contribution >= 0.6 is 0 Å². The van der Waals surface area contributed by atoms with Gasteiger partial charge in [-0.25, -0.2) is 9.78 Å².